The van der Waals surface area contributed by atoms with Crippen LogP contribution in [0, 0.1) is 5.92 Å². The van der Waals surface area contributed by atoms with Gasteiger partial charge in [-0.2, -0.15) is 0 Å². The minimum Gasteiger partial charge on any atom is -0.330 e. The van der Waals surface area contributed by atoms with Gasteiger partial charge in [0.05, 0.1) is 10.7 Å². The zero-order chi connectivity index (χ0) is 15.5. The highest BCUT2D eigenvalue weighted by molar-refractivity contribution is 7.09. The van der Waals surface area contributed by atoms with Crippen LogP contribution >= 0.6 is 36.2 Å². The fourth-order valence-corrected chi connectivity index (χ4v) is 4.12. The van der Waals surface area contributed by atoms with E-state index in [1.807, 2.05) is 0 Å². The molecule has 1 aromatic heterocycles. The van der Waals surface area contributed by atoms with E-state index in [9.17, 15) is 0 Å². The fourth-order valence-electron chi connectivity index (χ4n) is 3.30. The van der Waals surface area contributed by atoms with Crippen LogP contribution in [0.1, 0.15) is 41.9 Å². The molecule has 0 amide bonds. The van der Waals surface area contributed by atoms with E-state index in [0.29, 0.717) is 17.8 Å². The fraction of sp³-hybridized carbons (Fsp3) is 0.500. The second kappa shape index (κ2) is 9.73. The lowest BCUT2D eigenvalue weighted by atomic mass is 9.89. The molecule has 1 aliphatic rings. The van der Waals surface area contributed by atoms with Gasteiger partial charge in [0.15, 0.2) is 0 Å². The maximum Gasteiger partial charge on any atom is 0.0954 e. The number of nitrogens with zero attached hydrogens (tertiary/aromatic N) is 2. The van der Waals surface area contributed by atoms with E-state index in [4.69, 9.17) is 10.7 Å². The van der Waals surface area contributed by atoms with Crippen molar-refractivity contribution in [2.24, 2.45) is 11.7 Å². The SMILES string of the molecule is CC(C)c1nc(CN2C[C@@H](CN)[C@H](c3ccccc3)C2)cs1.Cl.Cl. The van der Waals surface area contributed by atoms with Crippen molar-refractivity contribution in [3.05, 3.63) is 52.0 Å². The molecule has 2 aromatic rings. The summed E-state index contributed by atoms with van der Waals surface area (Å²) in [5.74, 6) is 1.62. The van der Waals surface area contributed by atoms with Crippen LogP contribution in [0.2, 0.25) is 0 Å². The van der Waals surface area contributed by atoms with Gasteiger partial charge < -0.3 is 5.73 Å². The zero-order valence-corrected chi connectivity index (χ0v) is 16.7. The van der Waals surface area contributed by atoms with Gasteiger partial charge in [-0.05, 0) is 18.0 Å². The van der Waals surface area contributed by atoms with Crippen LogP contribution in [0.3, 0.4) is 0 Å². The van der Waals surface area contributed by atoms with E-state index in [1.165, 1.54) is 16.3 Å². The van der Waals surface area contributed by atoms with E-state index < -0.39 is 0 Å². The maximum absolute atomic E-state index is 6.02. The van der Waals surface area contributed by atoms with Crippen molar-refractivity contribution in [1.29, 1.82) is 0 Å². The minimum atomic E-state index is 0. The average Bonchev–Trinajstić information content (AvgIpc) is 3.15. The summed E-state index contributed by atoms with van der Waals surface area (Å²) in [6.07, 6.45) is 0. The average molecular weight is 388 g/mol. The number of likely N-dealkylation sites (tertiary alicyclic amines) is 1. The van der Waals surface area contributed by atoms with Crippen molar-refractivity contribution in [3.63, 3.8) is 0 Å². The van der Waals surface area contributed by atoms with Gasteiger partial charge in [0.2, 0.25) is 0 Å². The number of hydrogen-bond acceptors (Lipinski definition) is 4. The molecule has 0 aliphatic carbocycles. The van der Waals surface area contributed by atoms with E-state index in [0.717, 1.165) is 26.2 Å². The van der Waals surface area contributed by atoms with Gasteiger partial charge in [0.25, 0.3) is 0 Å². The lowest BCUT2D eigenvalue weighted by Gasteiger charge is -2.16. The third-order valence-electron chi connectivity index (χ3n) is 4.50. The van der Waals surface area contributed by atoms with Crippen LogP contribution in [0.5, 0.6) is 0 Å². The summed E-state index contributed by atoms with van der Waals surface area (Å²) in [4.78, 5) is 7.28. The molecule has 1 aliphatic heterocycles. The Morgan fingerprint density at radius 1 is 1.21 bits per heavy atom. The Bertz CT molecular complexity index is 603. The zero-order valence-electron chi connectivity index (χ0n) is 14.2. The first-order valence-electron chi connectivity index (χ1n) is 8.09. The van der Waals surface area contributed by atoms with Crippen LogP contribution < -0.4 is 5.73 Å². The lowest BCUT2D eigenvalue weighted by molar-refractivity contribution is 0.313. The monoisotopic (exact) mass is 387 g/mol. The summed E-state index contributed by atoms with van der Waals surface area (Å²) in [7, 11) is 0. The Labute approximate surface area is 161 Å². The molecule has 24 heavy (non-hydrogen) atoms. The molecule has 6 heteroatoms. The third-order valence-corrected chi connectivity index (χ3v) is 5.69. The molecule has 0 radical (unpaired) electrons. The van der Waals surface area contributed by atoms with Gasteiger partial charge in [-0.25, -0.2) is 4.98 Å². The van der Waals surface area contributed by atoms with Crippen molar-refractivity contribution >= 4 is 36.2 Å². The molecular weight excluding hydrogens is 361 g/mol. The lowest BCUT2D eigenvalue weighted by Crippen LogP contribution is -2.23. The van der Waals surface area contributed by atoms with Crippen LogP contribution in [0.15, 0.2) is 35.7 Å². The molecule has 2 heterocycles. The molecule has 3 nitrogen and oxygen atoms in total. The van der Waals surface area contributed by atoms with E-state index in [1.54, 1.807) is 11.3 Å². The number of aromatic nitrogens is 1. The Kier molecular flexibility index (Phi) is 8.68. The summed E-state index contributed by atoms with van der Waals surface area (Å²) < 4.78 is 0. The summed E-state index contributed by atoms with van der Waals surface area (Å²) in [6, 6.07) is 10.8. The Morgan fingerprint density at radius 3 is 2.50 bits per heavy atom. The van der Waals surface area contributed by atoms with Crippen molar-refractivity contribution < 1.29 is 0 Å². The van der Waals surface area contributed by atoms with Crippen molar-refractivity contribution in [2.75, 3.05) is 19.6 Å². The smallest absolute Gasteiger partial charge is 0.0954 e. The second-order valence-electron chi connectivity index (χ2n) is 6.54. The number of rotatable bonds is 5. The molecule has 2 atom stereocenters. The first-order chi connectivity index (χ1) is 10.7. The van der Waals surface area contributed by atoms with Crippen LogP contribution in [0.25, 0.3) is 0 Å². The van der Waals surface area contributed by atoms with Gasteiger partial charge in [0.1, 0.15) is 0 Å². The third kappa shape index (κ3) is 4.93. The normalized spacial score (nSPS) is 20.7. The number of halogens is 2. The summed E-state index contributed by atoms with van der Waals surface area (Å²) in [6.45, 7) is 8.27. The Hall–Kier alpha value is -0.650. The standard InChI is InChI=1S/C18H25N3S.2ClH/c1-13(2)18-20-16(12-22-18)10-21-9-15(8-19)17(11-21)14-6-4-3-5-7-14;;/h3-7,12-13,15,17H,8-11,19H2,1-2H3;2*1H/t15-,17+;;/m1../s1. The molecule has 0 unspecified atom stereocenters. The second-order valence-corrected chi connectivity index (χ2v) is 7.43. The highest BCUT2D eigenvalue weighted by Gasteiger charge is 2.32. The van der Waals surface area contributed by atoms with Crippen LogP contribution in [-0.4, -0.2) is 29.5 Å². The molecule has 2 N–H and O–H groups in total. The predicted molar refractivity (Wildman–Crippen MR) is 108 cm³/mol. The van der Waals surface area contributed by atoms with Crippen molar-refractivity contribution in [2.45, 2.75) is 32.2 Å². The number of thiazole rings is 1. The maximum atomic E-state index is 6.02. The number of benzene rings is 1. The topological polar surface area (TPSA) is 42.2 Å². The molecule has 0 saturated carbocycles. The number of nitrogens with two attached hydrogens (primary N) is 1. The molecule has 3 rings (SSSR count). The molecule has 0 spiro atoms. The van der Waals surface area contributed by atoms with Gasteiger partial charge >= 0.3 is 0 Å². The van der Waals surface area contributed by atoms with Crippen molar-refractivity contribution in [3.8, 4) is 0 Å². The van der Waals surface area contributed by atoms with Crippen molar-refractivity contribution in [1.82, 2.24) is 9.88 Å². The van der Waals surface area contributed by atoms with E-state index in [-0.39, 0.29) is 24.8 Å². The number of hydrogen-bond donors (Lipinski definition) is 1. The van der Waals surface area contributed by atoms with E-state index >= 15 is 0 Å². The van der Waals surface area contributed by atoms with Crippen LogP contribution in [-0.2, 0) is 6.54 Å². The van der Waals surface area contributed by atoms with E-state index in [2.05, 4.69) is 54.5 Å². The summed E-state index contributed by atoms with van der Waals surface area (Å²) in [5, 5.41) is 3.45. The largest absolute Gasteiger partial charge is 0.330 e. The summed E-state index contributed by atoms with van der Waals surface area (Å²) in [5.41, 5.74) is 8.65. The molecule has 1 saturated heterocycles. The van der Waals surface area contributed by atoms with Gasteiger partial charge in [-0.3, -0.25) is 4.90 Å². The molecule has 1 aromatic carbocycles. The Balaban J connectivity index is 0.00000144. The highest BCUT2D eigenvalue weighted by Crippen LogP contribution is 2.33. The first kappa shape index (κ1) is 21.4. The van der Waals surface area contributed by atoms with Crippen LogP contribution in [0.4, 0.5) is 0 Å². The van der Waals surface area contributed by atoms with Gasteiger partial charge in [-0.15, -0.1) is 36.2 Å². The van der Waals surface area contributed by atoms with Gasteiger partial charge in [-0.1, -0.05) is 44.2 Å². The Morgan fingerprint density at radius 2 is 1.92 bits per heavy atom. The minimum absolute atomic E-state index is 0. The van der Waals surface area contributed by atoms with Gasteiger partial charge in [0, 0.05) is 36.9 Å². The summed E-state index contributed by atoms with van der Waals surface area (Å²) >= 11 is 1.78. The quantitative estimate of drug-likeness (QED) is 0.831. The first-order valence-corrected chi connectivity index (χ1v) is 8.97. The molecule has 0 bridgehead atoms. The predicted octanol–water partition coefficient (Wildman–Crippen LogP) is 4.28. The molecule has 134 valence electrons. The molecular formula is C18H27Cl2N3S. The molecule has 1 fully saturated rings. The highest BCUT2D eigenvalue weighted by atomic mass is 35.5.